The summed E-state index contributed by atoms with van der Waals surface area (Å²) in [6.45, 7) is 2.71. The molecule has 2 heterocycles. The van der Waals surface area contributed by atoms with Crippen molar-refractivity contribution in [3.63, 3.8) is 0 Å². The molecule has 6 heteroatoms. The van der Waals surface area contributed by atoms with Crippen LogP contribution >= 0.6 is 11.3 Å². The lowest BCUT2D eigenvalue weighted by Crippen LogP contribution is -2.06. The molecule has 0 fully saturated rings. The smallest absolute Gasteiger partial charge is 0.339 e. The molecular formula is C18H17N3O2S. The highest BCUT2D eigenvalue weighted by atomic mass is 32.1. The van der Waals surface area contributed by atoms with Crippen molar-refractivity contribution in [2.75, 3.05) is 11.9 Å². The quantitative estimate of drug-likeness (QED) is 0.688. The van der Waals surface area contributed by atoms with Gasteiger partial charge in [-0.1, -0.05) is 30.3 Å². The van der Waals surface area contributed by atoms with E-state index in [9.17, 15) is 4.79 Å². The average Bonchev–Trinajstić information content (AvgIpc) is 3.10. The van der Waals surface area contributed by atoms with Crippen LogP contribution in [0.5, 0.6) is 0 Å². The van der Waals surface area contributed by atoms with E-state index in [0.29, 0.717) is 24.5 Å². The lowest BCUT2D eigenvalue weighted by atomic mass is 10.2. The van der Waals surface area contributed by atoms with Crippen molar-refractivity contribution in [1.29, 1.82) is 0 Å². The fraction of sp³-hybridized carbons (Fsp3) is 0.167. The molecule has 24 heavy (non-hydrogen) atoms. The average molecular weight is 339 g/mol. The van der Waals surface area contributed by atoms with E-state index in [2.05, 4.69) is 15.3 Å². The van der Waals surface area contributed by atoms with Crippen molar-refractivity contribution >= 4 is 23.1 Å². The number of nitrogens with zero attached hydrogens (tertiary/aromatic N) is 2. The fourth-order valence-corrected chi connectivity index (χ4v) is 2.94. The molecule has 3 aromatic rings. The van der Waals surface area contributed by atoms with Crippen molar-refractivity contribution in [2.24, 2.45) is 0 Å². The summed E-state index contributed by atoms with van der Waals surface area (Å²) in [4.78, 5) is 20.4. The standard InChI is InChI=1S/C18H17N3O2S/c1-2-23-18(22)14-8-9-16(19-10-14)20-11-15-12-24-17(21-15)13-6-4-3-5-7-13/h3-10,12H,2,11H2,1H3,(H,19,20). The predicted molar refractivity (Wildman–Crippen MR) is 95.1 cm³/mol. The molecule has 1 aromatic carbocycles. The molecule has 0 aliphatic heterocycles. The Morgan fingerprint density at radius 3 is 2.75 bits per heavy atom. The first kappa shape index (κ1) is 16.1. The van der Waals surface area contributed by atoms with Gasteiger partial charge in [0.1, 0.15) is 10.8 Å². The van der Waals surface area contributed by atoms with Gasteiger partial charge in [-0.3, -0.25) is 0 Å². The minimum atomic E-state index is -0.358. The fourth-order valence-electron chi connectivity index (χ4n) is 2.12. The molecule has 122 valence electrons. The summed E-state index contributed by atoms with van der Waals surface area (Å²) in [6, 6.07) is 13.6. The van der Waals surface area contributed by atoms with E-state index in [0.717, 1.165) is 16.3 Å². The van der Waals surface area contributed by atoms with E-state index in [1.165, 1.54) is 6.20 Å². The van der Waals surface area contributed by atoms with Gasteiger partial charge in [0.2, 0.25) is 0 Å². The van der Waals surface area contributed by atoms with Crippen LogP contribution in [-0.4, -0.2) is 22.5 Å². The maximum atomic E-state index is 11.6. The summed E-state index contributed by atoms with van der Waals surface area (Å²) >= 11 is 1.62. The van der Waals surface area contributed by atoms with E-state index in [1.54, 1.807) is 30.4 Å². The van der Waals surface area contributed by atoms with E-state index < -0.39 is 0 Å². The lowest BCUT2D eigenvalue weighted by Gasteiger charge is -2.05. The number of nitrogens with one attached hydrogen (secondary N) is 1. The Morgan fingerprint density at radius 1 is 1.21 bits per heavy atom. The first-order chi connectivity index (χ1) is 11.8. The number of anilines is 1. The number of carbonyl (C=O) groups excluding carboxylic acids is 1. The maximum absolute atomic E-state index is 11.6. The Labute approximate surface area is 144 Å². The normalized spacial score (nSPS) is 10.4. The van der Waals surface area contributed by atoms with Crippen LogP contribution < -0.4 is 5.32 Å². The Morgan fingerprint density at radius 2 is 2.04 bits per heavy atom. The van der Waals surface area contributed by atoms with Crippen LogP contribution in [0.4, 0.5) is 5.82 Å². The number of esters is 1. The minimum absolute atomic E-state index is 0.354. The number of benzene rings is 1. The highest BCUT2D eigenvalue weighted by molar-refractivity contribution is 7.13. The van der Waals surface area contributed by atoms with Crippen molar-refractivity contribution in [1.82, 2.24) is 9.97 Å². The van der Waals surface area contributed by atoms with Crippen molar-refractivity contribution in [3.8, 4) is 10.6 Å². The van der Waals surface area contributed by atoms with E-state index >= 15 is 0 Å². The Balaban J connectivity index is 1.60. The van der Waals surface area contributed by atoms with Gasteiger partial charge in [0.05, 0.1) is 24.4 Å². The first-order valence-electron chi connectivity index (χ1n) is 7.63. The van der Waals surface area contributed by atoms with Gasteiger partial charge in [-0.05, 0) is 19.1 Å². The third kappa shape index (κ3) is 3.97. The van der Waals surface area contributed by atoms with Gasteiger partial charge in [0.25, 0.3) is 0 Å². The number of pyridine rings is 1. The molecular weight excluding hydrogens is 322 g/mol. The Bertz CT molecular complexity index is 801. The largest absolute Gasteiger partial charge is 0.462 e. The molecule has 1 N–H and O–H groups in total. The third-order valence-electron chi connectivity index (χ3n) is 3.30. The first-order valence-corrected chi connectivity index (χ1v) is 8.51. The molecule has 0 unspecified atom stereocenters. The second-order valence-corrected chi connectivity index (χ2v) is 5.87. The summed E-state index contributed by atoms with van der Waals surface area (Å²) in [5.74, 6) is 0.334. The van der Waals surface area contributed by atoms with Crippen LogP contribution in [0.3, 0.4) is 0 Å². The number of aromatic nitrogens is 2. The monoisotopic (exact) mass is 339 g/mol. The molecule has 5 nitrogen and oxygen atoms in total. The van der Waals surface area contributed by atoms with Crippen LogP contribution in [-0.2, 0) is 11.3 Å². The summed E-state index contributed by atoms with van der Waals surface area (Å²) < 4.78 is 4.93. The van der Waals surface area contributed by atoms with Crippen LogP contribution in [0.15, 0.2) is 54.0 Å². The zero-order valence-corrected chi connectivity index (χ0v) is 14.0. The van der Waals surface area contributed by atoms with Gasteiger partial charge < -0.3 is 10.1 Å². The summed E-state index contributed by atoms with van der Waals surface area (Å²) in [5, 5.41) is 6.23. The maximum Gasteiger partial charge on any atom is 0.339 e. The number of rotatable bonds is 6. The minimum Gasteiger partial charge on any atom is -0.462 e. The molecule has 3 rings (SSSR count). The van der Waals surface area contributed by atoms with E-state index in [4.69, 9.17) is 4.74 Å². The molecule has 0 radical (unpaired) electrons. The molecule has 0 saturated carbocycles. The molecule has 0 amide bonds. The number of hydrogen-bond acceptors (Lipinski definition) is 6. The molecule has 0 atom stereocenters. The Kier molecular flexibility index (Phi) is 5.18. The number of ether oxygens (including phenoxy) is 1. The highest BCUT2D eigenvalue weighted by Gasteiger charge is 2.07. The molecule has 0 bridgehead atoms. The molecule has 2 aromatic heterocycles. The van der Waals surface area contributed by atoms with Crippen molar-refractivity contribution < 1.29 is 9.53 Å². The number of hydrogen-bond donors (Lipinski definition) is 1. The van der Waals surface area contributed by atoms with Gasteiger partial charge in [0.15, 0.2) is 0 Å². The van der Waals surface area contributed by atoms with Crippen molar-refractivity contribution in [2.45, 2.75) is 13.5 Å². The summed E-state index contributed by atoms with van der Waals surface area (Å²) in [5.41, 5.74) is 2.52. The molecule has 0 aliphatic rings. The second kappa shape index (κ2) is 7.70. The summed E-state index contributed by atoms with van der Waals surface area (Å²) in [7, 11) is 0. The SMILES string of the molecule is CCOC(=O)c1ccc(NCc2csc(-c3ccccc3)n2)nc1. The lowest BCUT2D eigenvalue weighted by molar-refractivity contribution is 0.0526. The highest BCUT2D eigenvalue weighted by Crippen LogP contribution is 2.23. The number of thiazole rings is 1. The molecule has 0 saturated heterocycles. The van der Waals surface area contributed by atoms with Crippen LogP contribution in [0.1, 0.15) is 23.0 Å². The zero-order valence-electron chi connectivity index (χ0n) is 13.2. The summed E-state index contributed by atoms with van der Waals surface area (Å²) in [6.07, 6.45) is 1.51. The topological polar surface area (TPSA) is 64.1 Å². The van der Waals surface area contributed by atoms with Crippen LogP contribution in [0.25, 0.3) is 10.6 Å². The van der Waals surface area contributed by atoms with Crippen molar-refractivity contribution in [3.05, 3.63) is 65.3 Å². The van der Waals surface area contributed by atoms with E-state index in [-0.39, 0.29) is 5.97 Å². The number of carbonyl (C=O) groups is 1. The van der Waals surface area contributed by atoms with Gasteiger partial charge >= 0.3 is 5.97 Å². The van der Waals surface area contributed by atoms with Crippen LogP contribution in [0, 0.1) is 0 Å². The molecule has 0 spiro atoms. The van der Waals surface area contributed by atoms with Gasteiger partial charge in [-0.15, -0.1) is 11.3 Å². The van der Waals surface area contributed by atoms with Gasteiger partial charge in [-0.25, -0.2) is 14.8 Å². The predicted octanol–water partition coefficient (Wildman–Crippen LogP) is 3.99. The van der Waals surface area contributed by atoms with E-state index in [1.807, 2.05) is 35.7 Å². The zero-order chi connectivity index (χ0) is 16.8. The second-order valence-electron chi connectivity index (χ2n) is 5.02. The molecule has 0 aliphatic carbocycles. The van der Waals surface area contributed by atoms with Gasteiger partial charge in [0, 0.05) is 17.1 Å². The Hall–Kier alpha value is -2.73. The van der Waals surface area contributed by atoms with Crippen LogP contribution in [0.2, 0.25) is 0 Å². The third-order valence-corrected chi connectivity index (χ3v) is 4.24. The van der Waals surface area contributed by atoms with Gasteiger partial charge in [-0.2, -0.15) is 0 Å².